The molecule has 0 fully saturated rings. The fourth-order valence-corrected chi connectivity index (χ4v) is 0.524. The Bertz CT molecular complexity index is 56.9. The summed E-state index contributed by atoms with van der Waals surface area (Å²) in [6.07, 6.45) is 0.781. The third-order valence-corrected chi connectivity index (χ3v) is 1.14. The van der Waals surface area contributed by atoms with Gasteiger partial charge in [0.25, 0.3) is 0 Å². The topological polar surface area (TPSA) is 37.3 Å². The minimum Gasteiger partial charge on any atom is -0.306 e. The molecule has 0 aromatic rings. The zero-order valence-electron chi connectivity index (χ0n) is 4.26. The predicted octanol–water partition coefficient (Wildman–Crippen LogP) is 0.616. The molecule has 4 heteroatoms. The normalized spacial score (nSPS) is 12.3. The summed E-state index contributed by atoms with van der Waals surface area (Å²) in [7, 11) is 0. The van der Waals surface area contributed by atoms with Gasteiger partial charge in [-0.1, -0.05) is 6.92 Å². The van der Waals surface area contributed by atoms with E-state index in [4.69, 9.17) is 4.55 Å². The van der Waals surface area contributed by atoms with Crippen molar-refractivity contribution in [1.29, 1.82) is 0 Å². The smallest absolute Gasteiger partial charge is 0.152 e. The van der Waals surface area contributed by atoms with Crippen LogP contribution in [0, 0.1) is 0 Å². The molecule has 0 rings (SSSR count). The largest absolute Gasteiger partial charge is 0.306 e. The molecule has 1 radical (unpaired) electrons. The molecule has 0 bridgehead atoms. The summed E-state index contributed by atoms with van der Waals surface area (Å²) in [5.41, 5.74) is 0. The van der Waals surface area contributed by atoms with Crippen LogP contribution in [0.25, 0.3) is 0 Å². The van der Waals surface area contributed by atoms with Gasteiger partial charge in [-0.2, -0.15) is 0 Å². The first-order chi connectivity index (χ1) is 2.77. The zero-order valence-corrected chi connectivity index (χ0v) is 7.91. The number of hydrogen-bond donors (Lipinski definition) is 1. The quantitative estimate of drug-likeness (QED) is 0.658. The summed E-state index contributed by atoms with van der Waals surface area (Å²) in [6, 6.07) is 0. The molecule has 0 aromatic heterocycles. The van der Waals surface area contributed by atoms with Gasteiger partial charge in [-0.3, -0.25) is 0 Å². The van der Waals surface area contributed by atoms with Gasteiger partial charge >= 0.3 is 0 Å². The summed E-state index contributed by atoms with van der Waals surface area (Å²) < 4.78 is 17.7. The summed E-state index contributed by atoms with van der Waals surface area (Å²) in [6.45, 7) is 1.87. The Morgan fingerprint density at radius 1 is 1.71 bits per heavy atom. The molecule has 1 N–H and O–H groups in total. The van der Waals surface area contributed by atoms with Crippen molar-refractivity contribution < 1.29 is 41.5 Å². The van der Waals surface area contributed by atoms with E-state index in [0.29, 0.717) is 5.75 Å². The van der Waals surface area contributed by atoms with E-state index in [0.717, 1.165) is 6.42 Å². The Hall–Kier alpha value is 1.21. The molecule has 2 nitrogen and oxygen atoms in total. The predicted molar refractivity (Wildman–Crippen MR) is 25.9 cm³/mol. The maximum absolute atomic E-state index is 9.71. The van der Waals surface area contributed by atoms with Gasteiger partial charge in [0.1, 0.15) is 0 Å². The molecule has 0 aliphatic carbocycles. The van der Waals surface area contributed by atoms with Crippen molar-refractivity contribution in [3.05, 3.63) is 0 Å². The van der Waals surface area contributed by atoms with E-state index >= 15 is 0 Å². The molecule has 1 atom stereocenters. The van der Waals surface area contributed by atoms with Gasteiger partial charge in [0.2, 0.25) is 0 Å². The van der Waals surface area contributed by atoms with Crippen LogP contribution in [0.3, 0.4) is 0 Å². The molecular formula is C3H8O2SY. The van der Waals surface area contributed by atoms with E-state index in [1.165, 1.54) is 0 Å². The van der Waals surface area contributed by atoms with E-state index in [1.807, 2.05) is 6.92 Å². The Labute approximate surface area is 71.2 Å². The monoisotopic (exact) mass is 197 g/mol. The zero-order chi connectivity index (χ0) is 4.99. The number of hydrogen-bond acceptors (Lipinski definition) is 1. The van der Waals surface area contributed by atoms with E-state index < -0.39 is 11.1 Å². The Kier molecular flexibility index (Phi) is 11.4. The van der Waals surface area contributed by atoms with Crippen molar-refractivity contribution in [3.8, 4) is 0 Å². The summed E-state index contributed by atoms with van der Waals surface area (Å²) in [5, 5.41) is 0. The number of rotatable bonds is 2. The average molecular weight is 197 g/mol. The van der Waals surface area contributed by atoms with Crippen LogP contribution >= 0.6 is 0 Å². The Morgan fingerprint density at radius 2 is 2.14 bits per heavy atom. The van der Waals surface area contributed by atoms with E-state index in [-0.39, 0.29) is 32.7 Å². The molecule has 0 amide bonds. The van der Waals surface area contributed by atoms with Gasteiger partial charge in [-0.15, -0.1) is 0 Å². The minimum absolute atomic E-state index is 0. The van der Waals surface area contributed by atoms with Crippen LogP contribution in [0.2, 0.25) is 0 Å². The molecule has 0 aliphatic rings. The van der Waals surface area contributed by atoms with Gasteiger partial charge in [0.15, 0.2) is 11.1 Å². The first kappa shape index (κ1) is 11.1. The second-order valence-electron chi connectivity index (χ2n) is 1.03. The van der Waals surface area contributed by atoms with Crippen molar-refractivity contribution in [2.24, 2.45) is 0 Å². The van der Waals surface area contributed by atoms with Crippen molar-refractivity contribution >= 4 is 11.1 Å². The SMILES string of the molecule is CCCS(=O)O.[Y]. The van der Waals surface area contributed by atoms with E-state index in [9.17, 15) is 4.21 Å². The van der Waals surface area contributed by atoms with Crippen molar-refractivity contribution in [2.45, 2.75) is 13.3 Å². The van der Waals surface area contributed by atoms with Crippen LogP contribution in [0.15, 0.2) is 0 Å². The first-order valence-corrected chi connectivity index (χ1v) is 3.12. The van der Waals surface area contributed by atoms with Gasteiger partial charge in [0, 0.05) is 38.5 Å². The third-order valence-electron chi connectivity index (χ3n) is 0.379. The minimum atomic E-state index is -1.57. The fourth-order valence-electron chi connectivity index (χ4n) is 0.175. The van der Waals surface area contributed by atoms with Crippen molar-refractivity contribution in [1.82, 2.24) is 0 Å². The van der Waals surface area contributed by atoms with Gasteiger partial charge in [-0.05, 0) is 6.42 Å². The molecule has 7 heavy (non-hydrogen) atoms. The maximum Gasteiger partial charge on any atom is 0.152 e. The molecule has 0 spiro atoms. The standard InChI is InChI=1S/C3H8O2S.Y/c1-2-3-6(4)5;/h2-3H2,1H3,(H,4,5);. The molecule has 0 heterocycles. The molecular weight excluding hydrogens is 189 g/mol. The van der Waals surface area contributed by atoms with Crippen LogP contribution in [0.4, 0.5) is 0 Å². The third kappa shape index (κ3) is 11.0. The summed E-state index contributed by atoms with van der Waals surface area (Å²) in [4.78, 5) is 0. The molecule has 0 aliphatic heterocycles. The summed E-state index contributed by atoms with van der Waals surface area (Å²) in [5.74, 6) is 0.403. The van der Waals surface area contributed by atoms with Crippen LogP contribution in [0.1, 0.15) is 13.3 Å². The second-order valence-corrected chi connectivity index (χ2v) is 2.08. The fraction of sp³-hybridized carbons (Fsp3) is 1.00. The Morgan fingerprint density at radius 3 is 2.14 bits per heavy atom. The molecule has 0 saturated carbocycles. The van der Waals surface area contributed by atoms with Crippen LogP contribution < -0.4 is 0 Å². The molecule has 1 unspecified atom stereocenters. The van der Waals surface area contributed by atoms with Crippen LogP contribution in [-0.4, -0.2) is 14.5 Å². The maximum atomic E-state index is 9.71. The van der Waals surface area contributed by atoms with E-state index in [1.54, 1.807) is 0 Å². The second kappa shape index (κ2) is 7.21. The Balaban J connectivity index is 0. The summed E-state index contributed by atoms with van der Waals surface area (Å²) >= 11 is -1.57. The van der Waals surface area contributed by atoms with E-state index in [2.05, 4.69) is 0 Å². The van der Waals surface area contributed by atoms with Crippen LogP contribution in [0.5, 0.6) is 0 Å². The van der Waals surface area contributed by atoms with Crippen molar-refractivity contribution in [2.75, 3.05) is 5.75 Å². The van der Waals surface area contributed by atoms with Crippen molar-refractivity contribution in [3.63, 3.8) is 0 Å². The molecule has 41 valence electrons. The molecule has 0 saturated heterocycles. The van der Waals surface area contributed by atoms with Gasteiger partial charge < -0.3 is 4.55 Å². The van der Waals surface area contributed by atoms with Crippen LogP contribution in [-0.2, 0) is 43.8 Å². The van der Waals surface area contributed by atoms with Gasteiger partial charge in [0.05, 0.1) is 0 Å². The first-order valence-electron chi connectivity index (χ1n) is 1.85. The molecule has 0 aromatic carbocycles. The van der Waals surface area contributed by atoms with Gasteiger partial charge in [-0.25, -0.2) is 4.21 Å². The average Bonchev–Trinajstić information content (AvgIpc) is 1.35.